The number of nitrogens with zero attached hydrogens (tertiary/aromatic N) is 2. The third kappa shape index (κ3) is 4.68. The van der Waals surface area contributed by atoms with Crippen molar-refractivity contribution in [1.82, 2.24) is 4.57 Å². The molecule has 59 heavy (non-hydrogen) atoms. The van der Waals surface area contributed by atoms with Gasteiger partial charge in [-0.3, -0.25) is 0 Å². The predicted octanol–water partition coefficient (Wildman–Crippen LogP) is 15.3. The van der Waals surface area contributed by atoms with Crippen molar-refractivity contribution in [2.75, 3.05) is 4.90 Å². The highest BCUT2D eigenvalue weighted by Gasteiger charge is 2.44. The van der Waals surface area contributed by atoms with E-state index >= 15 is 0 Å². The fourth-order valence-corrected chi connectivity index (χ4v) is 11.8. The van der Waals surface area contributed by atoms with E-state index in [-0.39, 0.29) is 11.8 Å². The molecule has 2 heterocycles. The van der Waals surface area contributed by atoms with Crippen molar-refractivity contribution < 1.29 is 0 Å². The van der Waals surface area contributed by atoms with Crippen molar-refractivity contribution in [3.63, 3.8) is 0 Å². The van der Waals surface area contributed by atoms with E-state index in [2.05, 4.69) is 216 Å². The first-order valence-electron chi connectivity index (χ1n) is 20.5. The number of anilines is 3. The molecule has 3 aliphatic rings. The molecule has 14 rings (SSSR count). The molecule has 0 spiro atoms. The lowest BCUT2D eigenvalue weighted by molar-refractivity contribution is 0.756. The van der Waals surface area contributed by atoms with E-state index < -0.39 is 0 Å². The molecule has 9 aromatic carbocycles. The molecule has 2 bridgehead atoms. The number of fused-ring (bicyclic) bond motifs is 6. The molecule has 3 heteroatoms. The van der Waals surface area contributed by atoms with Gasteiger partial charge in [0.15, 0.2) is 0 Å². The molecule has 0 unspecified atom stereocenters. The summed E-state index contributed by atoms with van der Waals surface area (Å²) in [6.07, 6.45) is 0. The summed E-state index contributed by atoms with van der Waals surface area (Å²) < 4.78 is 5.09. The van der Waals surface area contributed by atoms with Gasteiger partial charge in [0.25, 0.3) is 0 Å². The van der Waals surface area contributed by atoms with Gasteiger partial charge < -0.3 is 9.47 Å². The van der Waals surface area contributed by atoms with Gasteiger partial charge in [0.1, 0.15) is 0 Å². The van der Waals surface area contributed by atoms with Crippen LogP contribution in [0.25, 0.3) is 58.8 Å². The molecular formula is C56H36N2S. The van der Waals surface area contributed by atoms with Gasteiger partial charge in [0.05, 0.1) is 16.7 Å². The van der Waals surface area contributed by atoms with Gasteiger partial charge in [0.2, 0.25) is 0 Å². The third-order valence-corrected chi connectivity index (χ3v) is 14.2. The lowest BCUT2D eigenvalue weighted by atomic mass is 9.59. The summed E-state index contributed by atoms with van der Waals surface area (Å²) in [7, 11) is 0. The van der Waals surface area contributed by atoms with Crippen LogP contribution in [0.4, 0.5) is 17.1 Å². The van der Waals surface area contributed by atoms with Crippen LogP contribution in [-0.4, -0.2) is 4.57 Å². The number of aromatic nitrogens is 1. The summed E-state index contributed by atoms with van der Waals surface area (Å²) in [5.41, 5.74) is 18.2. The number of hydrogen-bond acceptors (Lipinski definition) is 2. The maximum Gasteiger partial charge on any atom is 0.0541 e. The van der Waals surface area contributed by atoms with Crippen LogP contribution in [0, 0.1) is 0 Å². The van der Waals surface area contributed by atoms with E-state index in [1.54, 1.807) is 0 Å². The van der Waals surface area contributed by atoms with E-state index in [1.807, 2.05) is 11.3 Å². The van der Waals surface area contributed by atoms with E-state index in [1.165, 1.54) is 92.2 Å². The second-order valence-electron chi connectivity index (χ2n) is 15.9. The molecule has 2 aromatic heterocycles. The summed E-state index contributed by atoms with van der Waals surface area (Å²) in [6, 6.07) is 76.7. The Morgan fingerprint density at radius 1 is 0.373 bits per heavy atom. The number of rotatable bonds is 5. The number of para-hydroxylation sites is 3. The fourth-order valence-electron chi connectivity index (χ4n) is 10.6. The van der Waals surface area contributed by atoms with E-state index in [0.717, 1.165) is 17.1 Å². The van der Waals surface area contributed by atoms with Crippen molar-refractivity contribution in [3.05, 3.63) is 240 Å². The van der Waals surface area contributed by atoms with Crippen LogP contribution >= 0.6 is 11.3 Å². The van der Waals surface area contributed by atoms with Crippen molar-refractivity contribution in [3.8, 4) is 16.8 Å². The summed E-state index contributed by atoms with van der Waals surface area (Å²) in [6.45, 7) is 0. The lowest BCUT2D eigenvalue weighted by Gasteiger charge is -2.45. The highest BCUT2D eigenvalue weighted by atomic mass is 32.1. The zero-order chi connectivity index (χ0) is 38.6. The number of thiophene rings is 1. The van der Waals surface area contributed by atoms with Gasteiger partial charge in [-0.15, -0.1) is 11.3 Å². The van der Waals surface area contributed by atoms with Gasteiger partial charge in [-0.05, 0) is 105 Å². The minimum absolute atomic E-state index is 0.0852. The summed E-state index contributed by atoms with van der Waals surface area (Å²) in [4.78, 5) is 2.50. The Kier molecular flexibility index (Phi) is 7.04. The normalized spacial score (nSPS) is 15.1. The molecule has 0 saturated carbocycles. The zero-order valence-corrected chi connectivity index (χ0v) is 32.9. The Balaban J connectivity index is 1.07. The van der Waals surface area contributed by atoms with Crippen LogP contribution < -0.4 is 4.90 Å². The molecule has 276 valence electrons. The Hall–Kier alpha value is -7.20. The van der Waals surface area contributed by atoms with E-state index in [0.29, 0.717) is 0 Å². The molecular weight excluding hydrogens is 733 g/mol. The SMILES string of the molecule is c1ccc(N(c2ccc(-n3c4ccccc4c4ccccc43)cc2)c2ccc(-c3cccc4c3sc3ccccc34)c3c2C2c4ccccc4C3c3ccccc32)cc1. The minimum Gasteiger partial charge on any atom is -0.310 e. The standard InChI is InChI=1S/C56H36N2S/c1-2-15-35(16-3-1)57(36-29-31-37(32-30-36)58-48-26-11-8-17-38(48)39-18-9-12-27-49(39)58)50-34-33-45(47-25-14-24-46-40-19-10-13-28-51(40)59-56(46)47)54-52-41-20-4-6-22-43(41)53(55(50)54)44-23-7-5-21-42(44)52/h1-34,52-53H. The first-order valence-corrected chi connectivity index (χ1v) is 21.3. The maximum absolute atomic E-state index is 2.50. The molecule has 0 fully saturated rings. The highest BCUT2D eigenvalue weighted by Crippen LogP contribution is 2.61. The summed E-state index contributed by atoms with van der Waals surface area (Å²) in [5.74, 6) is 0.194. The maximum atomic E-state index is 2.50. The quantitative estimate of drug-likeness (QED) is 0.169. The Morgan fingerprint density at radius 3 is 1.56 bits per heavy atom. The van der Waals surface area contributed by atoms with Crippen molar-refractivity contribution in [2.24, 2.45) is 0 Å². The van der Waals surface area contributed by atoms with Gasteiger partial charge in [-0.1, -0.05) is 146 Å². The lowest BCUT2D eigenvalue weighted by Crippen LogP contribution is -2.30. The second-order valence-corrected chi connectivity index (χ2v) is 17.0. The van der Waals surface area contributed by atoms with E-state index in [9.17, 15) is 0 Å². The molecule has 0 amide bonds. The summed E-state index contributed by atoms with van der Waals surface area (Å²) in [5, 5.41) is 5.20. The van der Waals surface area contributed by atoms with Gasteiger partial charge in [-0.2, -0.15) is 0 Å². The topological polar surface area (TPSA) is 8.17 Å². The van der Waals surface area contributed by atoms with Crippen molar-refractivity contribution in [2.45, 2.75) is 11.8 Å². The molecule has 0 saturated heterocycles. The smallest absolute Gasteiger partial charge is 0.0541 e. The van der Waals surface area contributed by atoms with Crippen molar-refractivity contribution >= 4 is 70.4 Å². The average molecular weight is 769 g/mol. The van der Waals surface area contributed by atoms with Crippen LogP contribution in [0.15, 0.2) is 206 Å². The molecule has 0 radical (unpaired) electrons. The highest BCUT2D eigenvalue weighted by molar-refractivity contribution is 7.26. The van der Waals surface area contributed by atoms with Crippen molar-refractivity contribution in [1.29, 1.82) is 0 Å². The first kappa shape index (κ1) is 32.8. The predicted molar refractivity (Wildman–Crippen MR) is 249 cm³/mol. The molecule has 2 nitrogen and oxygen atoms in total. The monoisotopic (exact) mass is 768 g/mol. The van der Waals surface area contributed by atoms with Crippen LogP contribution in [0.2, 0.25) is 0 Å². The van der Waals surface area contributed by atoms with E-state index in [4.69, 9.17) is 0 Å². The first-order chi connectivity index (χ1) is 29.3. The Morgan fingerprint density at radius 2 is 0.898 bits per heavy atom. The average Bonchev–Trinajstić information content (AvgIpc) is 3.86. The second kappa shape index (κ2) is 12.6. The molecule has 0 N–H and O–H groups in total. The Bertz CT molecular complexity index is 3360. The molecule has 11 aromatic rings. The number of hydrogen-bond donors (Lipinski definition) is 0. The fraction of sp³-hybridized carbons (Fsp3) is 0.0357. The molecule has 0 atom stereocenters. The number of benzene rings is 9. The zero-order valence-electron chi connectivity index (χ0n) is 32.1. The van der Waals surface area contributed by atoms with Gasteiger partial charge >= 0.3 is 0 Å². The summed E-state index contributed by atoms with van der Waals surface area (Å²) >= 11 is 1.92. The largest absolute Gasteiger partial charge is 0.310 e. The molecule has 3 aliphatic carbocycles. The third-order valence-electron chi connectivity index (χ3n) is 13.0. The van der Waals surface area contributed by atoms with Gasteiger partial charge in [0, 0.05) is 59.8 Å². The molecule has 0 aliphatic heterocycles. The van der Waals surface area contributed by atoms with Gasteiger partial charge in [-0.25, -0.2) is 0 Å². The van der Waals surface area contributed by atoms with Crippen LogP contribution in [0.5, 0.6) is 0 Å². The van der Waals surface area contributed by atoms with Crippen LogP contribution in [-0.2, 0) is 0 Å². The van der Waals surface area contributed by atoms with Crippen LogP contribution in [0.3, 0.4) is 0 Å². The van der Waals surface area contributed by atoms with Crippen LogP contribution in [0.1, 0.15) is 45.2 Å². The Labute approximate surface area is 346 Å². The minimum atomic E-state index is 0.0852.